The largest absolute Gasteiger partial charge is 0.344 e. The number of hydrogen-bond donors (Lipinski definition) is 1. The topological polar surface area (TPSA) is 82.2 Å². The molecule has 2 N–H and O–H groups in total. The van der Waals surface area contributed by atoms with E-state index in [2.05, 4.69) is 0 Å². The molecule has 0 unspecified atom stereocenters. The van der Waals surface area contributed by atoms with Gasteiger partial charge in [0.15, 0.2) is 0 Å². The van der Waals surface area contributed by atoms with Crippen molar-refractivity contribution in [2.24, 2.45) is 12.2 Å². The van der Waals surface area contributed by atoms with Crippen LogP contribution in [0.2, 0.25) is 10.0 Å². The number of rotatable bonds is 5. The van der Waals surface area contributed by atoms with Gasteiger partial charge in [-0.25, -0.2) is 13.6 Å². The molecule has 5 nitrogen and oxygen atoms in total. The summed E-state index contributed by atoms with van der Waals surface area (Å²) in [6.07, 6.45) is 0.439. The van der Waals surface area contributed by atoms with E-state index in [0.29, 0.717) is 27.7 Å². The van der Waals surface area contributed by atoms with Crippen molar-refractivity contribution in [3.05, 3.63) is 86.7 Å². The standard InChI is InChI=1S/C20H18Cl2N2O3S/c1-12-9-16(10-14-5-8-17(11-18(14)22)28(23,26)27)24(2)19(12)20(25)13-3-6-15(21)7-4-13/h3-9,11H,10H2,1-2H3,(H2,23,26,27). The lowest BCUT2D eigenvalue weighted by Crippen LogP contribution is -2.12. The summed E-state index contributed by atoms with van der Waals surface area (Å²) in [7, 11) is -2.00. The molecule has 0 spiro atoms. The van der Waals surface area contributed by atoms with Crippen LogP contribution in [0, 0.1) is 6.92 Å². The molecule has 0 radical (unpaired) electrons. The van der Waals surface area contributed by atoms with E-state index >= 15 is 0 Å². The maximum absolute atomic E-state index is 12.9. The highest BCUT2D eigenvalue weighted by Crippen LogP contribution is 2.26. The molecule has 1 heterocycles. The molecule has 28 heavy (non-hydrogen) atoms. The summed E-state index contributed by atoms with van der Waals surface area (Å²) >= 11 is 12.1. The van der Waals surface area contributed by atoms with Crippen molar-refractivity contribution >= 4 is 39.0 Å². The number of benzene rings is 2. The van der Waals surface area contributed by atoms with Crippen LogP contribution in [0.3, 0.4) is 0 Å². The van der Waals surface area contributed by atoms with Gasteiger partial charge >= 0.3 is 0 Å². The third-order valence-electron chi connectivity index (χ3n) is 4.57. The van der Waals surface area contributed by atoms with Crippen LogP contribution in [0.15, 0.2) is 53.4 Å². The summed E-state index contributed by atoms with van der Waals surface area (Å²) in [6, 6.07) is 13.1. The molecule has 0 aliphatic carbocycles. The van der Waals surface area contributed by atoms with Gasteiger partial charge in [-0.15, -0.1) is 0 Å². The molecule has 0 aliphatic rings. The van der Waals surface area contributed by atoms with Crippen molar-refractivity contribution in [1.29, 1.82) is 0 Å². The third-order valence-corrected chi connectivity index (χ3v) is 6.08. The molecule has 0 aliphatic heterocycles. The van der Waals surface area contributed by atoms with E-state index in [-0.39, 0.29) is 10.7 Å². The van der Waals surface area contributed by atoms with E-state index in [1.165, 1.54) is 12.1 Å². The Morgan fingerprint density at radius 2 is 1.71 bits per heavy atom. The minimum absolute atomic E-state index is 0.0390. The first-order valence-corrected chi connectivity index (χ1v) is 10.6. The van der Waals surface area contributed by atoms with Crippen LogP contribution in [0.1, 0.15) is 32.9 Å². The van der Waals surface area contributed by atoms with E-state index in [1.807, 2.05) is 24.6 Å². The highest BCUT2D eigenvalue weighted by atomic mass is 35.5. The molecular formula is C20H18Cl2N2O3S. The minimum Gasteiger partial charge on any atom is -0.344 e. The highest BCUT2D eigenvalue weighted by molar-refractivity contribution is 7.89. The Labute approximate surface area is 173 Å². The molecule has 3 aromatic rings. The minimum atomic E-state index is -3.81. The fraction of sp³-hybridized carbons (Fsp3) is 0.150. The van der Waals surface area contributed by atoms with Gasteiger partial charge in [-0.2, -0.15) is 0 Å². The van der Waals surface area contributed by atoms with Gasteiger partial charge in [0.25, 0.3) is 0 Å². The van der Waals surface area contributed by atoms with Crippen molar-refractivity contribution < 1.29 is 13.2 Å². The fourth-order valence-electron chi connectivity index (χ4n) is 3.11. The van der Waals surface area contributed by atoms with Crippen molar-refractivity contribution in [2.75, 3.05) is 0 Å². The van der Waals surface area contributed by atoms with Crippen LogP contribution in [-0.2, 0) is 23.5 Å². The zero-order chi connectivity index (χ0) is 20.6. The fourth-order valence-corrected chi connectivity index (χ4v) is 4.08. The first-order valence-electron chi connectivity index (χ1n) is 8.34. The first-order chi connectivity index (χ1) is 13.1. The second kappa shape index (κ2) is 7.72. The zero-order valence-corrected chi connectivity index (χ0v) is 17.6. The Hall–Kier alpha value is -2.12. The molecule has 0 saturated carbocycles. The first kappa shape index (κ1) is 20.6. The van der Waals surface area contributed by atoms with E-state index in [4.69, 9.17) is 28.3 Å². The Kier molecular flexibility index (Phi) is 5.68. The average Bonchev–Trinajstić information content (AvgIpc) is 2.89. The number of aromatic nitrogens is 1. The van der Waals surface area contributed by atoms with Crippen molar-refractivity contribution in [1.82, 2.24) is 4.57 Å². The number of ketones is 1. The summed E-state index contributed by atoms with van der Waals surface area (Å²) in [5.41, 5.74) is 3.58. The number of carbonyl (C=O) groups excluding carboxylic acids is 1. The average molecular weight is 437 g/mol. The van der Waals surface area contributed by atoms with Crippen LogP contribution in [0.4, 0.5) is 0 Å². The van der Waals surface area contributed by atoms with Crippen LogP contribution in [-0.4, -0.2) is 18.8 Å². The third kappa shape index (κ3) is 4.15. The van der Waals surface area contributed by atoms with E-state index in [0.717, 1.165) is 16.8 Å². The second-order valence-corrected chi connectivity index (χ2v) is 8.94. The Bertz CT molecular complexity index is 1170. The van der Waals surface area contributed by atoms with Crippen molar-refractivity contribution in [2.45, 2.75) is 18.2 Å². The highest BCUT2D eigenvalue weighted by Gasteiger charge is 2.19. The summed E-state index contributed by atoms with van der Waals surface area (Å²) in [5.74, 6) is -0.0985. The number of nitrogens with zero attached hydrogens (tertiary/aromatic N) is 1. The second-order valence-electron chi connectivity index (χ2n) is 6.54. The number of halogens is 2. The normalized spacial score (nSPS) is 11.6. The molecule has 2 aromatic carbocycles. The maximum atomic E-state index is 12.9. The summed E-state index contributed by atoms with van der Waals surface area (Å²) in [4.78, 5) is 12.9. The quantitative estimate of drug-likeness (QED) is 0.610. The van der Waals surface area contributed by atoms with Gasteiger partial charge in [-0.1, -0.05) is 29.3 Å². The zero-order valence-electron chi connectivity index (χ0n) is 15.2. The van der Waals surface area contributed by atoms with E-state index < -0.39 is 10.0 Å². The smallest absolute Gasteiger partial charge is 0.238 e. The number of sulfonamides is 1. The molecule has 0 fully saturated rings. The van der Waals surface area contributed by atoms with E-state index in [1.54, 1.807) is 30.3 Å². The molecule has 146 valence electrons. The molecule has 8 heteroatoms. The van der Waals surface area contributed by atoms with Gasteiger partial charge < -0.3 is 4.57 Å². The number of aryl methyl sites for hydroxylation is 1. The van der Waals surface area contributed by atoms with Crippen LogP contribution < -0.4 is 5.14 Å². The molecule has 0 saturated heterocycles. The lowest BCUT2D eigenvalue weighted by molar-refractivity contribution is 0.103. The summed E-state index contributed by atoms with van der Waals surface area (Å²) < 4.78 is 24.7. The van der Waals surface area contributed by atoms with Gasteiger partial charge in [-0.05, 0) is 60.5 Å². The SMILES string of the molecule is Cc1cc(Cc2ccc(S(N)(=O)=O)cc2Cl)n(C)c1C(=O)c1ccc(Cl)cc1. The molecule has 0 atom stereocenters. The predicted molar refractivity (Wildman–Crippen MR) is 111 cm³/mol. The van der Waals surface area contributed by atoms with Crippen LogP contribution in [0.5, 0.6) is 0 Å². The van der Waals surface area contributed by atoms with Gasteiger partial charge in [0.2, 0.25) is 15.8 Å². The lowest BCUT2D eigenvalue weighted by atomic mass is 10.1. The van der Waals surface area contributed by atoms with Crippen LogP contribution >= 0.6 is 23.2 Å². The van der Waals surface area contributed by atoms with Crippen LogP contribution in [0.25, 0.3) is 0 Å². The molecular weight excluding hydrogens is 419 g/mol. The van der Waals surface area contributed by atoms with Crippen molar-refractivity contribution in [3.63, 3.8) is 0 Å². The van der Waals surface area contributed by atoms with Gasteiger partial charge in [-0.3, -0.25) is 4.79 Å². The number of nitrogens with two attached hydrogens (primary N) is 1. The van der Waals surface area contributed by atoms with Gasteiger partial charge in [0.1, 0.15) is 0 Å². The number of carbonyl (C=O) groups is 1. The Morgan fingerprint density at radius 3 is 2.29 bits per heavy atom. The predicted octanol–water partition coefficient (Wildman–Crippen LogP) is 4.11. The van der Waals surface area contributed by atoms with Crippen molar-refractivity contribution in [3.8, 4) is 0 Å². The summed E-state index contributed by atoms with van der Waals surface area (Å²) in [6.45, 7) is 1.87. The molecule has 0 amide bonds. The Morgan fingerprint density at radius 1 is 1.07 bits per heavy atom. The molecule has 1 aromatic heterocycles. The molecule has 3 rings (SSSR count). The van der Waals surface area contributed by atoms with Gasteiger partial charge in [0.05, 0.1) is 10.6 Å². The number of primary sulfonamides is 1. The number of hydrogen-bond acceptors (Lipinski definition) is 3. The molecule has 0 bridgehead atoms. The maximum Gasteiger partial charge on any atom is 0.238 e. The monoisotopic (exact) mass is 436 g/mol. The summed E-state index contributed by atoms with van der Waals surface area (Å²) in [5, 5.41) is 6.01. The van der Waals surface area contributed by atoms with Gasteiger partial charge in [0, 0.05) is 34.8 Å². The Balaban J connectivity index is 1.94. The van der Waals surface area contributed by atoms with E-state index in [9.17, 15) is 13.2 Å². The lowest BCUT2D eigenvalue weighted by Gasteiger charge is -2.10.